The highest BCUT2D eigenvalue weighted by Gasteiger charge is 2.22. The molecule has 1 fully saturated rings. The molecule has 1 saturated carbocycles. The van der Waals surface area contributed by atoms with Gasteiger partial charge in [0.1, 0.15) is 5.75 Å². The van der Waals surface area contributed by atoms with Crippen LogP contribution < -0.4 is 14.8 Å². The molecule has 0 saturated heterocycles. The summed E-state index contributed by atoms with van der Waals surface area (Å²) in [4.78, 5) is 12.6. The van der Waals surface area contributed by atoms with E-state index in [2.05, 4.69) is 36.0 Å². The molecule has 0 aromatic heterocycles. The molecule has 32 heavy (non-hydrogen) atoms. The first-order valence-corrected chi connectivity index (χ1v) is 12.8. The van der Waals surface area contributed by atoms with Gasteiger partial charge in [0, 0.05) is 6.04 Å². The van der Waals surface area contributed by atoms with Crippen LogP contribution in [-0.2, 0) is 14.8 Å². The van der Waals surface area contributed by atoms with Gasteiger partial charge in [0.25, 0.3) is 5.91 Å². The first-order valence-electron chi connectivity index (χ1n) is 11.3. The molecule has 0 radical (unpaired) electrons. The van der Waals surface area contributed by atoms with Crippen molar-refractivity contribution in [2.45, 2.75) is 76.8 Å². The van der Waals surface area contributed by atoms with Crippen molar-refractivity contribution in [2.75, 3.05) is 6.61 Å². The predicted octanol–water partition coefficient (Wildman–Crippen LogP) is 4.48. The van der Waals surface area contributed by atoms with Gasteiger partial charge in [0.2, 0.25) is 10.0 Å². The average Bonchev–Trinajstić information content (AvgIpc) is 2.75. The molecular formula is C25H34N2O4S. The summed E-state index contributed by atoms with van der Waals surface area (Å²) < 4.78 is 33.5. The summed E-state index contributed by atoms with van der Waals surface area (Å²) >= 11 is 0. The maximum Gasteiger partial charge on any atom is 0.258 e. The lowest BCUT2D eigenvalue weighted by atomic mass is 9.96. The molecule has 0 aliphatic heterocycles. The molecule has 0 heterocycles. The van der Waals surface area contributed by atoms with E-state index in [0.717, 1.165) is 36.8 Å². The minimum Gasteiger partial charge on any atom is -0.484 e. The highest BCUT2D eigenvalue weighted by molar-refractivity contribution is 7.89. The quantitative estimate of drug-likeness (QED) is 0.611. The Balaban J connectivity index is 1.53. The Kier molecular flexibility index (Phi) is 7.96. The van der Waals surface area contributed by atoms with Crippen LogP contribution in [0.2, 0.25) is 0 Å². The normalized spacial score (nSPS) is 15.9. The molecule has 0 spiro atoms. The second-order valence-electron chi connectivity index (χ2n) is 8.80. The van der Waals surface area contributed by atoms with E-state index in [1.165, 1.54) is 29.7 Å². The largest absolute Gasteiger partial charge is 0.484 e. The Labute approximate surface area is 191 Å². The fourth-order valence-corrected chi connectivity index (χ4v) is 5.49. The maximum absolute atomic E-state index is 12.6. The molecule has 1 atom stereocenters. The van der Waals surface area contributed by atoms with Gasteiger partial charge in [-0.3, -0.25) is 4.79 Å². The van der Waals surface area contributed by atoms with Crippen LogP contribution in [0.4, 0.5) is 0 Å². The summed E-state index contributed by atoms with van der Waals surface area (Å²) in [6.07, 6.45) is 5.06. The van der Waals surface area contributed by atoms with Crippen LogP contribution >= 0.6 is 0 Å². The van der Waals surface area contributed by atoms with Crippen molar-refractivity contribution in [2.24, 2.45) is 0 Å². The molecular weight excluding hydrogens is 424 g/mol. The molecule has 1 aliphatic carbocycles. The standard InChI is InChI=1S/C25H34N2O4S/c1-17-14-19(3)24(15-18(17)2)20(4)26-25(28)16-31-22-10-12-23(13-11-22)32(29,30)27-21-8-6-5-7-9-21/h10-15,20-21,27H,5-9,16H2,1-4H3,(H,26,28). The van der Waals surface area contributed by atoms with Crippen molar-refractivity contribution in [1.82, 2.24) is 10.0 Å². The Bertz CT molecular complexity index is 1040. The minimum absolute atomic E-state index is 0.0105. The fourth-order valence-electron chi connectivity index (χ4n) is 4.18. The van der Waals surface area contributed by atoms with Gasteiger partial charge in [-0.1, -0.05) is 31.4 Å². The Hall–Kier alpha value is -2.38. The van der Waals surface area contributed by atoms with Crippen LogP contribution in [-0.4, -0.2) is 27.0 Å². The molecule has 3 rings (SSSR count). The summed E-state index contributed by atoms with van der Waals surface area (Å²) in [5.74, 6) is 0.220. The molecule has 6 nitrogen and oxygen atoms in total. The van der Waals surface area contributed by atoms with Gasteiger partial charge in [0.15, 0.2) is 6.61 Å². The number of sulfonamides is 1. The zero-order chi connectivity index (χ0) is 23.3. The van der Waals surface area contributed by atoms with Crippen LogP contribution in [0.25, 0.3) is 0 Å². The number of rotatable bonds is 8. The van der Waals surface area contributed by atoms with Crippen molar-refractivity contribution in [3.8, 4) is 5.75 Å². The zero-order valence-corrected chi connectivity index (χ0v) is 20.2. The van der Waals surface area contributed by atoms with Gasteiger partial charge in [-0.15, -0.1) is 0 Å². The predicted molar refractivity (Wildman–Crippen MR) is 126 cm³/mol. The number of carbonyl (C=O) groups is 1. The second-order valence-corrected chi connectivity index (χ2v) is 10.5. The molecule has 2 N–H and O–H groups in total. The van der Waals surface area contributed by atoms with Crippen molar-refractivity contribution < 1.29 is 17.9 Å². The van der Waals surface area contributed by atoms with Crippen LogP contribution in [0.5, 0.6) is 5.75 Å². The second kappa shape index (κ2) is 10.5. The van der Waals surface area contributed by atoms with Crippen molar-refractivity contribution in [3.63, 3.8) is 0 Å². The smallest absolute Gasteiger partial charge is 0.258 e. The number of aryl methyl sites for hydroxylation is 3. The van der Waals surface area contributed by atoms with Gasteiger partial charge in [-0.2, -0.15) is 0 Å². The maximum atomic E-state index is 12.6. The molecule has 2 aromatic rings. The molecule has 1 unspecified atom stereocenters. The van der Waals surface area contributed by atoms with E-state index in [1.54, 1.807) is 12.1 Å². The highest BCUT2D eigenvalue weighted by atomic mass is 32.2. The van der Waals surface area contributed by atoms with Crippen LogP contribution in [0.15, 0.2) is 41.3 Å². The van der Waals surface area contributed by atoms with Gasteiger partial charge in [-0.25, -0.2) is 13.1 Å². The van der Waals surface area contributed by atoms with E-state index in [-0.39, 0.29) is 29.5 Å². The fraction of sp³-hybridized carbons (Fsp3) is 0.480. The van der Waals surface area contributed by atoms with Gasteiger partial charge in [-0.05, 0) is 87.1 Å². The van der Waals surface area contributed by atoms with Crippen molar-refractivity contribution in [1.29, 1.82) is 0 Å². The summed E-state index contributed by atoms with van der Waals surface area (Å²) in [7, 11) is -3.55. The van der Waals surface area contributed by atoms with E-state index in [0.29, 0.717) is 5.75 Å². The van der Waals surface area contributed by atoms with E-state index in [4.69, 9.17) is 4.74 Å². The van der Waals surface area contributed by atoms with E-state index in [9.17, 15) is 13.2 Å². The summed E-state index contributed by atoms with van der Waals surface area (Å²) in [5, 5.41) is 2.97. The lowest BCUT2D eigenvalue weighted by molar-refractivity contribution is -0.123. The van der Waals surface area contributed by atoms with E-state index in [1.807, 2.05) is 13.8 Å². The topological polar surface area (TPSA) is 84.5 Å². The minimum atomic E-state index is -3.55. The third-order valence-corrected chi connectivity index (χ3v) is 7.69. The third kappa shape index (κ3) is 6.33. The van der Waals surface area contributed by atoms with Crippen LogP contribution in [0.3, 0.4) is 0 Å². The number of amides is 1. The lowest BCUT2D eigenvalue weighted by Gasteiger charge is -2.22. The molecule has 0 bridgehead atoms. The van der Waals surface area contributed by atoms with Crippen molar-refractivity contribution >= 4 is 15.9 Å². The Morgan fingerprint density at radius 1 is 1.00 bits per heavy atom. The SMILES string of the molecule is Cc1cc(C)c(C(C)NC(=O)COc2ccc(S(=O)(=O)NC3CCCCC3)cc2)cc1C. The van der Waals surface area contributed by atoms with Gasteiger partial charge in [0.05, 0.1) is 10.9 Å². The average molecular weight is 459 g/mol. The van der Waals surface area contributed by atoms with Gasteiger partial charge >= 0.3 is 0 Å². The first-order chi connectivity index (χ1) is 15.2. The van der Waals surface area contributed by atoms with E-state index < -0.39 is 10.0 Å². The summed E-state index contributed by atoms with van der Waals surface area (Å²) in [6.45, 7) is 7.99. The number of ether oxygens (including phenoxy) is 1. The lowest BCUT2D eigenvalue weighted by Crippen LogP contribution is -2.36. The van der Waals surface area contributed by atoms with Gasteiger partial charge < -0.3 is 10.1 Å². The monoisotopic (exact) mass is 458 g/mol. The highest BCUT2D eigenvalue weighted by Crippen LogP contribution is 2.23. The van der Waals surface area contributed by atoms with Crippen molar-refractivity contribution in [3.05, 3.63) is 58.7 Å². The Morgan fingerprint density at radius 3 is 2.28 bits per heavy atom. The number of nitrogens with one attached hydrogen (secondary N) is 2. The molecule has 2 aromatic carbocycles. The Morgan fingerprint density at radius 2 is 1.62 bits per heavy atom. The third-order valence-electron chi connectivity index (χ3n) is 6.16. The molecule has 7 heteroatoms. The first kappa shape index (κ1) is 24.3. The number of hydrogen-bond acceptors (Lipinski definition) is 4. The molecule has 1 aliphatic rings. The zero-order valence-electron chi connectivity index (χ0n) is 19.4. The molecule has 174 valence electrons. The number of benzene rings is 2. The van der Waals surface area contributed by atoms with E-state index >= 15 is 0 Å². The summed E-state index contributed by atoms with van der Waals surface area (Å²) in [6, 6.07) is 10.3. The number of carbonyl (C=O) groups excluding carboxylic acids is 1. The van der Waals surface area contributed by atoms with Crippen LogP contribution in [0, 0.1) is 20.8 Å². The molecule has 1 amide bonds. The summed E-state index contributed by atoms with van der Waals surface area (Å²) in [5.41, 5.74) is 4.64. The van der Waals surface area contributed by atoms with Crippen LogP contribution in [0.1, 0.15) is 67.3 Å². The number of hydrogen-bond donors (Lipinski definition) is 2.